The molecule has 0 radical (unpaired) electrons. The molecule has 4 rings (SSSR count). The molecule has 0 atom stereocenters. The molecule has 3 aromatic carbocycles. The monoisotopic (exact) mass is 387 g/mol. The van der Waals surface area contributed by atoms with Crippen molar-refractivity contribution >= 4 is 39.0 Å². The van der Waals surface area contributed by atoms with Crippen molar-refractivity contribution in [1.29, 1.82) is 0 Å². The van der Waals surface area contributed by atoms with Gasteiger partial charge in [0.25, 0.3) is 5.91 Å². The Labute approximate surface area is 166 Å². The molecule has 0 spiro atoms. The molecule has 5 heteroatoms. The van der Waals surface area contributed by atoms with E-state index in [1.165, 1.54) is 18.4 Å². The van der Waals surface area contributed by atoms with Gasteiger partial charge in [-0.15, -0.1) is 11.3 Å². The van der Waals surface area contributed by atoms with Crippen molar-refractivity contribution in [3.8, 4) is 11.1 Å². The van der Waals surface area contributed by atoms with Crippen molar-refractivity contribution in [3.05, 3.63) is 89.3 Å². The number of fused-ring (bicyclic) bond motifs is 1. The van der Waals surface area contributed by atoms with Crippen LogP contribution < -0.4 is 5.32 Å². The molecule has 0 aliphatic carbocycles. The van der Waals surface area contributed by atoms with Crippen molar-refractivity contribution in [2.75, 3.05) is 12.4 Å². The molecular weight excluding hydrogens is 370 g/mol. The molecule has 1 N–H and O–H groups in total. The van der Waals surface area contributed by atoms with Crippen LogP contribution in [0.1, 0.15) is 20.7 Å². The smallest absolute Gasteiger partial charge is 0.341 e. The molecule has 4 aromatic rings. The maximum Gasteiger partial charge on any atom is 0.341 e. The quantitative estimate of drug-likeness (QED) is 0.463. The summed E-state index contributed by atoms with van der Waals surface area (Å²) in [5.74, 6) is -0.739. The highest BCUT2D eigenvalue weighted by Crippen LogP contribution is 2.36. The number of ether oxygens (including phenoxy) is 1. The zero-order valence-electron chi connectivity index (χ0n) is 15.1. The van der Waals surface area contributed by atoms with Crippen molar-refractivity contribution in [2.24, 2.45) is 0 Å². The number of nitrogens with one attached hydrogen (secondary N) is 1. The second-order valence-corrected chi connectivity index (χ2v) is 7.07. The Morgan fingerprint density at radius 3 is 2.39 bits per heavy atom. The predicted octanol–water partition coefficient (Wildman–Crippen LogP) is 5.61. The van der Waals surface area contributed by atoms with Gasteiger partial charge in [0.2, 0.25) is 0 Å². The number of carbonyl (C=O) groups is 2. The lowest BCUT2D eigenvalue weighted by Crippen LogP contribution is -2.14. The Hall–Kier alpha value is -3.44. The van der Waals surface area contributed by atoms with Crippen LogP contribution in [-0.2, 0) is 4.74 Å². The number of hydrogen-bond donors (Lipinski definition) is 1. The maximum absolute atomic E-state index is 13.0. The standard InChI is InChI=1S/C23H17NO3S/c1-27-23(26)20-19(16-8-3-2-4-9-16)14-28-22(20)24-21(25)18-13-7-11-15-10-5-6-12-17(15)18/h2-14H,1H3,(H,24,25). The highest BCUT2D eigenvalue weighted by atomic mass is 32.1. The fraction of sp³-hybridized carbons (Fsp3) is 0.0435. The number of thiophene rings is 1. The summed E-state index contributed by atoms with van der Waals surface area (Å²) < 4.78 is 4.97. The van der Waals surface area contributed by atoms with E-state index >= 15 is 0 Å². The molecule has 0 aliphatic heterocycles. The van der Waals surface area contributed by atoms with E-state index in [4.69, 9.17) is 4.74 Å². The van der Waals surface area contributed by atoms with Gasteiger partial charge in [-0.1, -0.05) is 66.7 Å². The van der Waals surface area contributed by atoms with E-state index < -0.39 is 5.97 Å². The van der Waals surface area contributed by atoms with Crippen LogP contribution in [0, 0.1) is 0 Å². The molecule has 28 heavy (non-hydrogen) atoms. The summed E-state index contributed by atoms with van der Waals surface area (Å²) in [7, 11) is 1.34. The largest absolute Gasteiger partial charge is 0.465 e. The van der Waals surface area contributed by atoms with Gasteiger partial charge in [-0.2, -0.15) is 0 Å². The van der Waals surface area contributed by atoms with Gasteiger partial charge in [0.1, 0.15) is 10.6 Å². The molecule has 0 bridgehead atoms. The number of carbonyl (C=O) groups excluding carboxylic acids is 2. The van der Waals surface area contributed by atoms with Crippen molar-refractivity contribution in [2.45, 2.75) is 0 Å². The van der Waals surface area contributed by atoms with Gasteiger partial charge in [-0.05, 0) is 22.4 Å². The predicted molar refractivity (Wildman–Crippen MR) is 113 cm³/mol. The maximum atomic E-state index is 13.0. The Morgan fingerprint density at radius 2 is 1.61 bits per heavy atom. The number of anilines is 1. The summed E-state index contributed by atoms with van der Waals surface area (Å²) in [6, 6.07) is 22.9. The molecule has 0 fully saturated rings. The Kier molecular flexibility index (Phi) is 4.91. The summed E-state index contributed by atoms with van der Waals surface area (Å²) in [4.78, 5) is 25.4. The van der Waals surface area contributed by atoms with Crippen LogP contribution in [0.5, 0.6) is 0 Å². The summed E-state index contributed by atoms with van der Waals surface area (Å²) in [5.41, 5.74) is 2.56. The molecule has 1 aromatic heterocycles. The normalized spacial score (nSPS) is 10.6. The van der Waals surface area contributed by atoms with Crippen LogP contribution in [0.15, 0.2) is 78.2 Å². The Balaban J connectivity index is 1.74. The topological polar surface area (TPSA) is 55.4 Å². The number of benzene rings is 3. The van der Waals surface area contributed by atoms with Crippen LogP contribution in [0.25, 0.3) is 21.9 Å². The van der Waals surface area contributed by atoms with Gasteiger partial charge in [0, 0.05) is 16.5 Å². The third kappa shape index (κ3) is 3.28. The minimum Gasteiger partial charge on any atom is -0.465 e. The minimum absolute atomic E-state index is 0.261. The SMILES string of the molecule is COC(=O)c1c(-c2ccccc2)csc1NC(=O)c1cccc2ccccc12. The first-order chi connectivity index (χ1) is 13.7. The third-order valence-electron chi connectivity index (χ3n) is 4.53. The number of methoxy groups -OCH3 is 1. The summed E-state index contributed by atoms with van der Waals surface area (Å²) in [6.45, 7) is 0. The van der Waals surface area contributed by atoms with Crippen LogP contribution in [0.3, 0.4) is 0 Å². The van der Waals surface area contributed by atoms with E-state index in [9.17, 15) is 9.59 Å². The second-order valence-electron chi connectivity index (χ2n) is 6.19. The highest BCUT2D eigenvalue weighted by Gasteiger charge is 2.23. The average molecular weight is 387 g/mol. The van der Waals surface area contributed by atoms with Crippen LogP contribution in [-0.4, -0.2) is 19.0 Å². The molecule has 1 amide bonds. The van der Waals surface area contributed by atoms with Crippen LogP contribution in [0.2, 0.25) is 0 Å². The summed E-state index contributed by atoms with van der Waals surface area (Å²) >= 11 is 1.31. The van der Waals surface area contributed by atoms with Gasteiger partial charge in [-0.3, -0.25) is 4.79 Å². The van der Waals surface area contributed by atoms with E-state index in [0.29, 0.717) is 16.1 Å². The molecule has 4 nitrogen and oxygen atoms in total. The molecular formula is C23H17NO3S. The summed E-state index contributed by atoms with van der Waals surface area (Å²) in [5, 5.41) is 7.09. The van der Waals surface area contributed by atoms with Crippen LogP contribution >= 0.6 is 11.3 Å². The lowest BCUT2D eigenvalue weighted by atomic mass is 10.0. The molecule has 0 saturated carbocycles. The van der Waals surface area contributed by atoms with Crippen molar-refractivity contribution in [3.63, 3.8) is 0 Å². The lowest BCUT2D eigenvalue weighted by Gasteiger charge is -2.09. The molecule has 138 valence electrons. The first kappa shape index (κ1) is 17.9. The zero-order chi connectivity index (χ0) is 19.5. The zero-order valence-corrected chi connectivity index (χ0v) is 16.0. The van der Waals surface area contributed by atoms with Crippen molar-refractivity contribution < 1.29 is 14.3 Å². The number of rotatable bonds is 4. The minimum atomic E-state index is -0.478. The number of hydrogen-bond acceptors (Lipinski definition) is 4. The van der Waals surface area contributed by atoms with Crippen LogP contribution in [0.4, 0.5) is 5.00 Å². The van der Waals surface area contributed by atoms with E-state index in [1.54, 1.807) is 6.07 Å². The fourth-order valence-corrected chi connectivity index (χ4v) is 4.13. The van der Waals surface area contributed by atoms with Gasteiger partial charge >= 0.3 is 5.97 Å². The second kappa shape index (κ2) is 7.66. The molecule has 0 aliphatic rings. The number of amides is 1. The van der Waals surface area contributed by atoms with E-state index in [-0.39, 0.29) is 5.91 Å². The van der Waals surface area contributed by atoms with Crippen molar-refractivity contribution in [1.82, 2.24) is 0 Å². The van der Waals surface area contributed by atoms with Gasteiger partial charge < -0.3 is 10.1 Å². The van der Waals surface area contributed by atoms with E-state index in [1.807, 2.05) is 72.1 Å². The van der Waals surface area contributed by atoms with Gasteiger partial charge in [-0.25, -0.2) is 4.79 Å². The van der Waals surface area contributed by atoms with E-state index in [0.717, 1.165) is 21.9 Å². The fourth-order valence-electron chi connectivity index (χ4n) is 3.18. The average Bonchev–Trinajstić information content (AvgIpc) is 3.16. The Morgan fingerprint density at radius 1 is 0.893 bits per heavy atom. The Bertz CT molecular complexity index is 1160. The molecule has 1 heterocycles. The number of esters is 1. The first-order valence-corrected chi connectivity index (χ1v) is 9.61. The van der Waals surface area contributed by atoms with Gasteiger partial charge in [0.15, 0.2) is 0 Å². The highest BCUT2D eigenvalue weighted by molar-refractivity contribution is 7.15. The van der Waals surface area contributed by atoms with E-state index in [2.05, 4.69) is 5.32 Å². The first-order valence-electron chi connectivity index (χ1n) is 8.73. The third-order valence-corrected chi connectivity index (χ3v) is 5.42. The van der Waals surface area contributed by atoms with Gasteiger partial charge in [0.05, 0.1) is 7.11 Å². The molecule has 0 unspecified atom stereocenters. The molecule has 0 saturated heterocycles. The lowest BCUT2D eigenvalue weighted by molar-refractivity contribution is 0.0603. The summed E-state index contributed by atoms with van der Waals surface area (Å²) in [6.07, 6.45) is 0.